The molecule has 15 heavy (non-hydrogen) atoms. The highest BCUT2D eigenvalue weighted by Crippen LogP contribution is 2.25. The number of methoxy groups -OCH3 is 1. The number of carbonyl (C=O) groups is 2. The molecule has 0 fully saturated rings. The third-order valence-electron chi connectivity index (χ3n) is 1.97. The third kappa shape index (κ3) is 2.49. The maximum absolute atomic E-state index is 11.0. The number of carbonyl (C=O) groups excluding carboxylic acids is 2. The van der Waals surface area contributed by atoms with Crippen molar-refractivity contribution in [2.45, 2.75) is 6.92 Å². The van der Waals surface area contributed by atoms with Crippen molar-refractivity contribution in [2.24, 2.45) is 0 Å². The van der Waals surface area contributed by atoms with Gasteiger partial charge in [-0.05, 0) is 47.8 Å². The van der Waals surface area contributed by atoms with E-state index in [2.05, 4.69) is 0 Å². The van der Waals surface area contributed by atoms with Gasteiger partial charge in [0, 0.05) is 5.56 Å². The van der Waals surface area contributed by atoms with Crippen LogP contribution in [-0.4, -0.2) is 17.6 Å². The first kappa shape index (κ1) is 12.0. The van der Waals surface area contributed by atoms with E-state index in [9.17, 15) is 9.59 Å². The number of benzene rings is 1. The minimum atomic E-state index is -0.689. The van der Waals surface area contributed by atoms with Crippen molar-refractivity contribution in [3.05, 3.63) is 28.8 Å². The fourth-order valence-corrected chi connectivity index (χ4v) is 1.57. The maximum Gasteiger partial charge on any atom is 0.256 e. The topological polar surface area (TPSA) is 43.4 Å². The summed E-state index contributed by atoms with van der Waals surface area (Å²) in [4.78, 5) is 22.1. The van der Waals surface area contributed by atoms with Crippen LogP contribution in [0.3, 0.4) is 0 Å². The summed E-state index contributed by atoms with van der Waals surface area (Å²) >= 11 is 10.7. The Morgan fingerprint density at radius 2 is 1.67 bits per heavy atom. The normalized spacial score (nSPS) is 9.87. The van der Waals surface area contributed by atoms with Crippen LogP contribution in [0.1, 0.15) is 26.3 Å². The zero-order valence-corrected chi connectivity index (χ0v) is 9.65. The highest BCUT2D eigenvalue weighted by molar-refractivity contribution is 6.69. The molecule has 80 valence electrons. The van der Waals surface area contributed by atoms with Crippen LogP contribution >= 0.6 is 23.2 Å². The van der Waals surface area contributed by atoms with Crippen LogP contribution in [-0.2, 0) is 0 Å². The molecule has 0 aliphatic rings. The maximum atomic E-state index is 11.0. The summed E-state index contributed by atoms with van der Waals surface area (Å²) in [7, 11) is 1.42. The SMILES string of the molecule is COc1cc(C)c(C(=O)Cl)cc1C(=O)Cl. The largest absolute Gasteiger partial charge is 0.496 e. The van der Waals surface area contributed by atoms with Crippen LogP contribution < -0.4 is 4.74 Å². The van der Waals surface area contributed by atoms with E-state index in [1.54, 1.807) is 13.0 Å². The molecule has 0 radical (unpaired) electrons. The number of ether oxygens (including phenoxy) is 1. The highest BCUT2D eigenvalue weighted by Gasteiger charge is 2.15. The van der Waals surface area contributed by atoms with Gasteiger partial charge in [0.2, 0.25) is 0 Å². The van der Waals surface area contributed by atoms with Gasteiger partial charge in [0.05, 0.1) is 12.7 Å². The van der Waals surface area contributed by atoms with Crippen molar-refractivity contribution in [3.8, 4) is 5.75 Å². The molecule has 0 N–H and O–H groups in total. The molecule has 0 saturated heterocycles. The lowest BCUT2D eigenvalue weighted by molar-refractivity contribution is 0.107. The summed E-state index contributed by atoms with van der Waals surface area (Å²) in [6.07, 6.45) is 0. The molecule has 0 aliphatic heterocycles. The van der Waals surface area contributed by atoms with Crippen LogP contribution in [0.4, 0.5) is 0 Å². The van der Waals surface area contributed by atoms with Crippen molar-refractivity contribution < 1.29 is 14.3 Å². The zero-order chi connectivity index (χ0) is 11.6. The molecule has 0 aromatic heterocycles. The van der Waals surface area contributed by atoms with Gasteiger partial charge in [-0.1, -0.05) is 0 Å². The van der Waals surface area contributed by atoms with E-state index in [0.717, 1.165) is 0 Å². The number of halogens is 2. The molecular formula is C10H8Cl2O3. The summed E-state index contributed by atoms with van der Waals surface area (Å²) in [6.45, 7) is 1.70. The zero-order valence-electron chi connectivity index (χ0n) is 8.14. The molecule has 0 atom stereocenters. The van der Waals surface area contributed by atoms with Crippen molar-refractivity contribution in [3.63, 3.8) is 0 Å². The summed E-state index contributed by atoms with van der Waals surface area (Å²) in [5.41, 5.74) is 1.02. The lowest BCUT2D eigenvalue weighted by Crippen LogP contribution is -2.01. The molecule has 5 heteroatoms. The highest BCUT2D eigenvalue weighted by atomic mass is 35.5. The fourth-order valence-electron chi connectivity index (χ4n) is 1.22. The van der Waals surface area contributed by atoms with Gasteiger partial charge in [0.1, 0.15) is 5.75 Å². The molecule has 0 amide bonds. The van der Waals surface area contributed by atoms with E-state index >= 15 is 0 Å². The van der Waals surface area contributed by atoms with Crippen molar-refractivity contribution in [1.82, 2.24) is 0 Å². The van der Waals surface area contributed by atoms with Gasteiger partial charge in [0.25, 0.3) is 10.5 Å². The van der Waals surface area contributed by atoms with Gasteiger partial charge in [-0.2, -0.15) is 0 Å². The van der Waals surface area contributed by atoms with Gasteiger partial charge < -0.3 is 4.74 Å². The lowest BCUT2D eigenvalue weighted by Gasteiger charge is -2.08. The number of rotatable bonds is 3. The summed E-state index contributed by atoms with van der Waals surface area (Å²) in [5.74, 6) is 0.328. The predicted octanol–water partition coefficient (Wildman–Crippen LogP) is 2.76. The second-order valence-electron chi connectivity index (χ2n) is 2.91. The molecule has 1 aromatic carbocycles. The Labute approximate surface area is 96.9 Å². The lowest BCUT2D eigenvalue weighted by atomic mass is 10.1. The van der Waals surface area contributed by atoms with E-state index in [0.29, 0.717) is 11.3 Å². The Balaban J connectivity index is 3.43. The van der Waals surface area contributed by atoms with Crippen LogP contribution in [0.5, 0.6) is 5.75 Å². The average Bonchev–Trinajstić information content (AvgIpc) is 2.16. The number of aryl methyl sites for hydroxylation is 1. The summed E-state index contributed by atoms with van der Waals surface area (Å²) < 4.78 is 4.96. The average molecular weight is 247 g/mol. The second-order valence-corrected chi connectivity index (χ2v) is 3.60. The van der Waals surface area contributed by atoms with Gasteiger partial charge in [-0.15, -0.1) is 0 Å². The first-order valence-corrected chi connectivity index (χ1v) is 4.81. The summed E-state index contributed by atoms with van der Waals surface area (Å²) in [5, 5.41) is -1.32. The van der Waals surface area contributed by atoms with E-state index in [1.807, 2.05) is 0 Å². The van der Waals surface area contributed by atoms with E-state index in [4.69, 9.17) is 27.9 Å². The predicted molar refractivity (Wildman–Crippen MR) is 58.1 cm³/mol. The molecule has 0 spiro atoms. The van der Waals surface area contributed by atoms with E-state index in [1.165, 1.54) is 13.2 Å². The molecular weight excluding hydrogens is 239 g/mol. The molecule has 1 aromatic rings. The third-order valence-corrected chi connectivity index (χ3v) is 2.38. The van der Waals surface area contributed by atoms with Crippen LogP contribution in [0.25, 0.3) is 0 Å². The van der Waals surface area contributed by atoms with Crippen LogP contribution in [0.15, 0.2) is 12.1 Å². The van der Waals surface area contributed by atoms with Crippen molar-refractivity contribution in [1.29, 1.82) is 0 Å². The Hall–Kier alpha value is -1.06. The smallest absolute Gasteiger partial charge is 0.256 e. The fraction of sp³-hybridized carbons (Fsp3) is 0.200. The van der Waals surface area contributed by atoms with E-state index in [-0.39, 0.29) is 11.1 Å². The minimum Gasteiger partial charge on any atom is -0.496 e. The molecule has 0 saturated carbocycles. The van der Waals surface area contributed by atoms with Gasteiger partial charge >= 0.3 is 0 Å². The molecule has 0 aliphatic carbocycles. The van der Waals surface area contributed by atoms with Gasteiger partial charge in [-0.25, -0.2) is 0 Å². The standard InChI is InChI=1S/C10H8Cl2O3/c1-5-3-8(15-2)7(10(12)14)4-6(5)9(11)13/h3-4H,1-2H3. The molecule has 3 nitrogen and oxygen atoms in total. The van der Waals surface area contributed by atoms with Crippen molar-refractivity contribution >= 4 is 33.7 Å². The Kier molecular flexibility index (Phi) is 3.72. The molecule has 0 bridgehead atoms. The second kappa shape index (κ2) is 4.64. The van der Waals surface area contributed by atoms with Crippen LogP contribution in [0.2, 0.25) is 0 Å². The van der Waals surface area contributed by atoms with Gasteiger partial charge in [-0.3, -0.25) is 9.59 Å². The van der Waals surface area contributed by atoms with Gasteiger partial charge in [0.15, 0.2) is 0 Å². The van der Waals surface area contributed by atoms with E-state index < -0.39 is 10.5 Å². The monoisotopic (exact) mass is 246 g/mol. The minimum absolute atomic E-state index is 0.133. The Morgan fingerprint density at radius 3 is 2.07 bits per heavy atom. The Morgan fingerprint density at radius 1 is 1.13 bits per heavy atom. The van der Waals surface area contributed by atoms with Crippen LogP contribution in [0, 0.1) is 6.92 Å². The summed E-state index contributed by atoms with van der Waals surface area (Å²) in [6, 6.07) is 2.88. The first-order valence-electron chi connectivity index (χ1n) is 4.05. The first-order chi connectivity index (χ1) is 6.97. The molecule has 0 heterocycles. The quantitative estimate of drug-likeness (QED) is 0.771. The molecule has 0 unspecified atom stereocenters. The molecule has 1 rings (SSSR count). The van der Waals surface area contributed by atoms with Crippen molar-refractivity contribution in [2.75, 3.05) is 7.11 Å². The number of hydrogen-bond acceptors (Lipinski definition) is 3. The Bertz CT molecular complexity index is 427. The number of hydrogen-bond donors (Lipinski definition) is 0.